The van der Waals surface area contributed by atoms with Crippen molar-refractivity contribution in [2.24, 2.45) is 17.3 Å². The molecule has 0 bridgehead atoms. The first-order chi connectivity index (χ1) is 13.4. The number of nitrogens with zero attached hydrogens (tertiary/aromatic N) is 3. The first-order valence-electron chi connectivity index (χ1n) is 9.23. The van der Waals surface area contributed by atoms with Gasteiger partial charge in [-0.2, -0.15) is 15.8 Å². The average Bonchev–Trinajstić information content (AvgIpc) is 2.70. The SMILES string of the molecule is CCC[NH+]1CC=C2C(C#N)C(=N)C(C#N)(C#N)[C@@H](c3cccc(Cl)c3Cl)[C@H]2C1. The zero-order chi connectivity index (χ0) is 20.5. The Kier molecular flexibility index (Phi) is 5.78. The number of benzene rings is 1. The van der Waals surface area contributed by atoms with Crippen LogP contribution in [0.1, 0.15) is 24.8 Å². The van der Waals surface area contributed by atoms with Crippen molar-refractivity contribution < 1.29 is 4.90 Å². The number of halogens is 2. The predicted molar refractivity (Wildman–Crippen MR) is 107 cm³/mol. The van der Waals surface area contributed by atoms with E-state index in [2.05, 4.69) is 25.1 Å². The van der Waals surface area contributed by atoms with Gasteiger partial charge >= 0.3 is 0 Å². The maximum absolute atomic E-state index is 10.1. The summed E-state index contributed by atoms with van der Waals surface area (Å²) in [5.41, 5.74) is -0.505. The van der Waals surface area contributed by atoms with Crippen molar-refractivity contribution >= 4 is 28.9 Å². The zero-order valence-corrected chi connectivity index (χ0v) is 17.0. The Morgan fingerprint density at radius 1 is 1.25 bits per heavy atom. The highest BCUT2D eigenvalue weighted by Crippen LogP contribution is 2.54. The van der Waals surface area contributed by atoms with E-state index in [0.717, 1.165) is 25.1 Å². The van der Waals surface area contributed by atoms with Crippen molar-refractivity contribution in [3.8, 4) is 18.2 Å². The third kappa shape index (κ3) is 2.99. The largest absolute Gasteiger partial charge is 0.331 e. The van der Waals surface area contributed by atoms with E-state index in [-0.39, 0.29) is 11.6 Å². The van der Waals surface area contributed by atoms with Crippen LogP contribution in [0.3, 0.4) is 0 Å². The van der Waals surface area contributed by atoms with Gasteiger partial charge in [-0.05, 0) is 29.7 Å². The molecule has 2 aliphatic rings. The second-order valence-corrected chi connectivity index (χ2v) is 8.13. The summed E-state index contributed by atoms with van der Waals surface area (Å²) in [4.78, 5) is 1.33. The van der Waals surface area contributed by atoms with Crippen LogP contribution in [0.15, 0.2) is 29.8 Å². The third-order valence-corrected chi connectivity index (χ3v) is 6.71. The van der Waals surface area contributed by atoms with Gasteiger partial charge in [0.25, 0.3) is 0 Å². The Hall–Kier alpha value is -2.36. The Bertz CT molecular complexity index is 948. The topological polar surface area (TPSA) is 99.7 Å². The Labute approximate surface area is 174 Å². The van der Waals surface area contributed by atoms with Gasteiger partial charge in [-0.1, -0.05) is 42.3 Å². The summed E-state index contributed by atoms with van der Waals surface area (Å²) in [6, 6.07) is 11.5. The van der Waals surface area contributed by atoms with Crippen LogP contribution in [-0.4, -0.2) is 25.3 Å². The molecule has 4 atom stereocenters. The van der Waals surface area contributed by atoms with Gasteiger partial charge in [0.1, 0.15) is 5.92 Å². The summed E-state index contributed by atoms with van der Waals surface area (Å²) in [6.45, 7) is 4.52. The minimum atomic E-state index is -1.76. The molecular weight excluding hydrogens is 393 g/mol. The van der Waals surface area contributed by atoms with Gasteiger partial charge in [0.05, 0.1) is 53.6 Å². The van der Waals surface area contributed by atoms with E-state index in [4.69, 9.17) is 28.6 Å². The molecule has 1 fully saturated rings. The molecule has 142 valence electrons. The van der Waals surface area contributed by atoms with Gasteiger partial charge in [-0.15, -0.1) is 0 Å². The number of nitriles is 3. The van der Waals surface area contributed by atoms with Crippen LogP contribution in [0, 0.1) is 56.7 Å². The van der Waals surface area contributed by atoms with E-state index < -0.39 is 17.3 Å². The first-order valence-corrected chi connectivity index (χ1v) is 9.99. The molecule has 0 radical (unpaired) electrons. The maximum atomic E-state index is 10.1. The predicted octanol–water partition coefficient (Wildman–Crippen LogP) is 3.13. The van der Waals surface area contributed by atoms with Crippen molar-refractivity contribution in [1.82, 2.24) is 0 Å². The van der Waals surface area contributed by atoms with Gasteiger partial charge < -0.3 is 10.3 Å². The van der Waals surface area contributed by atoms with Crippen molar-refractivity contribution in [2.45, 2.75) is 19.3 Å². The van der Waals surface area contributed by atoms with E-state index in [1.165, 1.54) is 4.90 Å². The second kappa shape index (κ2) is 7.94. The molecule has 5 nitrogen and oxygen atoms in total. The molecule has 3 rings (SSSR count). The monoisotopic (exact) mass is 412 g/mol. The third-order valence-electron chi connectivity index (χ3n) is 5.88. The minimum absolute atomic E-state index is 0.164. The lowest BCUT2D eigenvalue weighted by molar-refractivity contribution is -0.899. The van der Waals surface area contributed by atoms with Gasteiger partial charge in [-0.25, -0.2) is 0 Å². The normalized spacial score (nSPS) is 28.3. The zero-order valence-electron chi connectivity index (χ0n) is 15.5. The molecule has 1 aliphatic carbocycles. The van der Waals surface area contributed by atoms with Crippen molar-refractivity contribution in [3.63, 3.8) is 0 Å². The second-order valence-electron chi connectivity index (χ2n) is 7.35. The summed E-state index contributed by atoms with van der Waals surface area (Å²) < 4.78 is 0. The lowest BCUT2D eigenvalue weighted by Gasteiger charge is -2.46. The highest BCUT2D eigenvalue weighted by Gasteiger charge is 2.59. The summed E-state index contributed by atoms with van der Waals surface area (Å²) in [7, 11) is 0. The minimum Gasteiger partial charge on any atom is -0.331 e. The Balaban J connectivity index is 2.27. The quantitative estimate of drug-likeness (QED) is 0.745. The lowest BCUT2D eigenvalue weighted by Crippen LogP contribution is -3.13. The first kappa shape index (κ1) is 20.4. The fraction of sp³-hybridized carbons (Fsp3) is 0.429. The summed E-state index contributed by atoms with van der Waals surface area (Å²) in [5, 5.41) is 39.1. The fourth-order valence-electron chi connectivity index (χ4n) is 4.62. The number of rotatable bonds is 3. The van der Waals surface area contributed by atoms with E-state index in [0.29, 0.717) is 22.2 Å². The van der Waals surface area contributed by atoms with E-state index in [1.54, 1.807) is 18.2 Å². The molecule has 1 heterocycles. The van der Waals surface area contributed by atoms with Crippen LogP contribution < -0.4 is 4.90 Å². The standard InChI is InChI=1S/C21H19Cl2N5/c1-2-7-28-8-6-13-15(9-24)20(27)21(11-25,12-26)18(16(13)10-28)14-4-3-5-17(22)19(14)23/h3-6,15-16,18,27H,2,7-8,10H2,1H3/p+1/t15?,16-,18-/m0/s1. The highest BCUT2D eigenvalue weighted by atomic mass is 35.5. The summed E-state index contributed by atoms with van der Waals surface area (Å²) >= 11 is 12.7. The molecule has 2 unspecified atom stereocenters. The molecule has 1 aromatic carbocycles. The van der Waals surface area contributed by atoms with Crippen LogP contribution in [0.4, 0.5) is 0 Å². The Morgan fingerprint density at radius 2 is 1.96 bits per heavy atom. The molecule has 1 saturated carbocycles. The summed E-state index contributed by atoms with van der Waals surface area (Å²) in [5.74, 6) is -1.74. The van der Waals surface area contributed by atoms with Crippen molar-refractivity contribution in [1.29, 1.82) is 21.2 Å². The number of fused-ring (bicyclic) bond motifs is 1. The summed E-state index contributed by atoms with van der Waals surface area (Å²) in [6.07, 6.45) is 3.03. The smallest absolute Gasteiger partial charge is 0.190 e. The molecule has 0 spiro atoms. The van der Waals surface area contributed by atoms with Crippen LogP contribution >= 0.6 is 23.2 Å². The molecule has 28 heavy (non-hydrogen) atoms. The van der Waals surface area contributed by atoms with Crippen molar-refractivity contribution in [3.05, 3.63) is 45.5 Å². The number of quaternary nitrogens is 1. The molecule has 2 N–H and O–H groups in total. The molecule has 7 heteroatoms. The van der Waals surface area contributed by atoms with Gasteiger partial charge in [-0.3, -0.25) is 0 Å². The number of hydrogen-bond donors (Lipinski definition) is 2. The molecular formula is C21H20Cl2N5+. The van der Waals surface area contributed by atoms with Gasteiger partial charge in [0.2, 0.25) is 0 Å². The van der Waals surface area contributed by atoms with Crippen LogP contribution in [0.5, 0.6) is 0 Å². The highest BCUT2D eigenvalue weighted by molar-refractivity contribution is 6.42. The Morgan fingerprint density at radius 3 is 2.57 bits per heavy atom. The average molecular weight is 413 g/mol. The van der Waals surface area contributed by atoms with Crippen LogP contribution in [0.2, 0.25) is 10.0 Å². The van der Waals surface area contributed by atoms with Crippen LogP contribution in [0.25, 0.3) is 0 Å². The van der Waals surface area contributed by atoms with Crippen LogP contribution in [-0.2, 0) is 0 Å². The number of hydrogen-bond acceptors (Lipinski definition) is 4. The number of nitrogens with one attached hydrogen (secondary N) is 2. The molecule has 1 aliphatic heterocycles. The fourth-order valence-corrected chi connectivity index (χ4v) is 5.05. The molecule has 0 saturated heterocycles. The molecule has 0 amide bonds. The van der Waals surface area contributed by atoms with E-state index in [9.17, 15) is 15.8 Å². The lowest BCUT2D eigenvalue weighted by atomic mass is 9.54. The molecule has 0 aromatic heterocycles. The van der Waals surface area contributed by atoms with Crippen molar-refractivity contribution in [2.75, 3.05) is 19.6 Å². The maximum Gasteiger partial charge on any atom is 0.190 e. The van der Waals surface area contributed by atoms with E-state index >= 15 is 0 Å². The molecule has 1 aromatic rings. The van der Waals surface area contributed by atoms with Gasteiger partial charge in [0, 0.05) is 11.8 Å². The van der Waals surface area contributed by atoms with Gasteiger partial charge in [0.15, 0.2) is 5.41 Å². The van der Waals surface area contributed by atoms with E-state index in [1.807, 2.05) is 6.08 Å².